The number of hydrogen-bond acceptors (Lipinski definition) is 3. The molecule has 2 aromatic rings. The van der Waals surface area contributed by atoms with Crippen molar-refractivity contribution in [2.24, 2.45) is 0 Å². The molecule has 118 valence electrons. The highest BCUT2D eigenvalue weighted by atomic mass is 16.5. The first-order chi connectivity index (χ1) is 10.6. The Balaban J connectivity index is 1.95. The molecule has 3 heteroatoms. The first-order valence-electron chi connectivity index (χ1n) is 7.80. The highest BCUT2D eigenvalue weighted by Crippen LogP contribution is 2.20. The van der Waals surface area contributed by atoms with Gasteiger partial charge in [0.25, 0.3) is 0 Å². The summed E-state index contributed by atoms with van der Waals surface area (Å²) >= 11 is 0. The fourth-order valence-electron chi connectivity index (χ4n) is 2.62. The van der Waals surface area contributed by atoms with Gasteiger partial charge >= 0.3 is 0 Å². The molecule has 0 aliphatic rings. The van der Waals surface area contributed by atoms with Crippen molar-refractivity contribution >= 4 is 5.69 Å². The fraction of sp³-hybridized carbons (Fsp3) is 0.368. The Morgan fingerprint density at radius 2 is 1.82 bits per heavy atom. The van der Waals surface area contributed by atoms with Crippen molar-refractivity contribution in [3.63, 3.8) is 0 Å². The monoisotopic (exact) mass is 298 g/mol. The van der Waals surface area contributed by atoms with Crippen LogP contribution < -0.4 is 15.0 Å². The second-order valence-corrected chi connectivity index (χ2v) is 5.66. The van der Waals surface area contributed by atoms with Crippen molar-refractivity contribution in [1.29, 1.82) is 0 Å². The molecule has 0 fully saturated rings. The van der Waals surface area contributed by atoms with Crippen LogP contribution in [0.25, 0.3) is 0 Å². The van der Waals surface area contributed by atoms with E-state index in [0.717, 1.165) is 18.8 Å². The normalized spacial score (nSPS) is 10.5. The van der Waals surface area contributed by atoms with Crippen molar-refractivity contribution in [2.45, 2.75) is 26.9 Å². The number of anilines is 1. The summed E-state index contributed by atoms with van der Waals surface area (Å²) in [5.41, 5.74) is 5.08. The van der Waals surface area contributed by atoms with Crippen LogP contribution in [0.1, 0.15) is 23.6 Å². The van der Waals surface area contributed by atoms with Crippen LogP contribution in [0.15, 0.2) is 42.5 Å². The number of rotatable bonds is 7. The van der Waals surface area contributed by atoms with Gasteiger partial charge in [-0.1, -0.05) is 30.3 Å². The van der Waals surface area contributed by atoms with Crippen LogP contribution in [-0.4, -0.2) is 20.7 Å². The molecule has 2 rings (SSSR count). The second kappa shape index (κ2) is 7.85. The third-order valence-electron chi connectivity index (χ3n) is 3.66. The number of aryl methyl sites for hydroxylation is 1. The van der Waals surface area contributed by atoms with Gasteiger partial charge in [0.2, 0.25) is 0 Å². The van der Waals surface area contributed by atoms with Crippen LogP contribution in [0.4, 0.5) is 5.69 Å². The predicted octanol–water partition coefficient (Wildman–Crippen LogP) is 3.75. The van der Waals surface area contributed by atoms with E-state index in [9.17, 15) is 0 Å². The van der Waals surface area contributed by atoms with Gasteiger partial charge in [0.05, 0.1) is 6.61 Å². The molecule has 3 nitrogen and oxygen atoms in total. The Morgan fingerprint density at radius 1 is 1.05 bits per heavy atom. The summed E-state index contributed by atoms with van der Waals surface area (Å²) in [5.74, 6) is 0.969. The highest BCUT2D eigenvalue weighted by molar-refractivity contribution is 5.53. The lowest BCUT2D eigenvalue weighted by molar-refractivity contribution is 0.335. The molecule has 0 saturated heterocycles. The average molecular weight is 298 g/mol. The zero-order chi connectivity index (χ0) is 15.9. The maximum atomic E-state index is 5.66. The van der Waals surface area contributed by atoms with Gasteiger partial charge < -0.3 is 15.0 Å². The SMILES string of the molecule is CCOc1ccccc1CNCc1ccc(N(C)C)c(C)c1. The number of hydrogen-bond donors (Lipinski definition) is 1. The maximum absolute atomic E-state index is 5.66. The fourth-order valence-corrected chi connectivity index (χ4v) is 2.62. The van der Waals surface area contributed by atoms with E-state index in [0.29, 0.717) is 6.61 Å². The Kier molecular flexibility index (Phi) is 5.84. The summed E-state index contributed by atoms with van der Waals surface area (Å²) in [6, 6.07) is 14.8. The molecule has 0 aliphatic carbocycles. The first kappa shape index (κ1) is 16.4. The average Bonchev–Trinajstić information content (AvgIpc) is 2.49. The van der Waals surface area contributed by atoms with E-state index in [1.54, 1.807) is 0 Å². The predicted molar refractivity (Wildman–Crippen MR) is 93.7 cm³/mol. The van der Waals surface area contributed by atoms with Crippen molar-refractivity contribution in [3.05, 3.63) is 59.2 Å². The van der Waals surface area contributed by atoms with E-state index < -0.39 is 0 Å². The van der Waals surface area contributed by atoms with Gasteiger partial charge in [-0.15, -0.1) is 0 Å². The molecule has 0 amide bonds. The van der Waals surface area contributed by atoms with Crippen LogP contribution in [0, 0.1) is 6.92 Å². The van der Waals surface area contributed by atoms with Crippen LogP contribution >= 0.6 is 0 Å². The lowest BCUT2D eigenvalue weighted by Crippen LogP contribution is -2.15. The summed E-state index contributed by atoms with van der Waals surface area (Å²) in [6.07, 6.45) is 0. The molecule has 22 heavy (non-hydrogen) atoms. The van der Waals surface area contributed by atoms with Crippen molar-refractivity contribution in [3.8, 4) is 5.75 Å². The topological polar surface area (TPSA) is 24.5 Å². The highest BCUT2D eigenvalue weighted by Gasteiger charge is 2.04. The van der Waals surface area contributed by atoms with Crippen LogP contribution in [-0.2, 0) is 13.1 Å². The van der Waals surface area contributed by atoms with Crippen LogP contribution in [0.5, 0.6) is 5.75 Å². The largest absolute Gasteiger partial charge is 0.494 e. The molecule has 0 aliphatic heterocycles. The van der Waals surface area contributed by atoms with Crippen LogP contribution in [0.3, 0.4) is 0 Å². The second-order valence-electron chi connectivity index (χ2n) is 5.66. The van der Waals surface area contributed by atoms with E-state index >= 15 is 0 Å². The molecule has 2 aromatic carbocycles. The number of benzene rings is 2. The number of nitrogens with one attached hydrogen (secondary N) is 1. The van der Waals surface area contributed by atoms with Gasteiger partial charge in [-0.2, -0.15) is 0 Å². The van der Waals surface area contributed by atoms with Crippen LogP contribution in [0.2, 0.25) is 0 Å². The Morgan fingerprint density at radius 3 is 2.50 bits per heavy atom. The molecule has 0 bridgehead atoms. The van der Waals surface area contributed by atoms with E-state index in [4.69, 9.17) is 4.74 Å². The molecule has 0 spiro atoms. The van der Waals surface area contributed by atoms with E-state index in [1.165, 1.54) is 22.4 Å². The van der Waals surface area contributed by atoms with Gasteiger partial charge in [-0.3, -0.25) is 0 Å². The molecule has 0 radical (unpaired) electrons. The summed E-state index contributed by atoms with van der Waals surface area (Å²) in [4.78, 5) is 2.14. The van der Waals surface area contributed by atoms with Crippen molar-refractivity contribution in [2.75, 3.05) is 25.6 Å². The van der Waals surface area contributed by atoms with E-state index in [-0.39, 0.29) is 0 Å². The van der Waals surface area contributed by atoms with E-state index in [1.807, 2.05) is 19.1 Å². The van der Waals surface area contributed by atoms with Crippen molar-refractivity contribution < 1.29 is 4.74 Å². The number of nitrogens with zero attached hydrogens (tertiary/aromatic N) is 1. The first-order valence-corrected chi connectivity index (χ1v) is 7.80. The molecule has 0 saturated carbocycles. The summed E-state index contributed by atoms with van der Waals surface area (Å²) in [7, 11) is 4.15. The molecular formula is C19H26N2O. The van der Waals surface area contributed by atoms with Gasteiger partial charge in [0.1, 0.15) is 5.75 Å². The Bertz CT molecular complexity index is 608. The standard InChI is InChI=1S/C19H26N2O/c1-5-22-19-9-7-6-8-17(19)14-20-13-16-10-11-18(21(3)4)15(2)12-16/h6-12,20H,5,13-14H2,1-4H3. The lowest BCUT2D eigenvalue weighted by atomic mass is 10.1. The minimum absolute atomic E-state index is 0.697. The van der Waals surface area contributed by atoms with E-state index in [2.05, 4.69) is 61.6 Å². The zero-order valence-electron chi connectivity index (χ0n) is 14.0. The molecular weight excluding hydrogens is 272 g/mol. The zero-order valence-corrected chi connectivity index (χ0v) is 14.0. The quantitative estimate of drug-likeness (QED) is 0.842. The maximum Gasteiger partial charge on any atom is 0.123 e. The van der Waals surface area contributed by atoms with Crippen molar-refractivity contribution in [1.82, 2.24) is 5.32 Å². The molecule has 0 atom stereocenters. The van der Waals surface area contributed by atoms with Gasteiger partial charge in [0, 0.05) is 38.4 Å². The molecule has 0 aromatic heterocycles. The van der Waals surface area contributed by atoms with Gasteiger partial charge in [-0.05, 0) is 37.1 Å². The Labute approximate surface area is 133 Å². The minimum Gasteiger partial charge on any atom is -0.494 e. The third-order valence-corrected chi connectivity index (χ3v) is 3.66. The smallest absolute Gasteiger partial charge is 0.123 e. The summed E-state index contributed by atoms with van der Waals surface area (Å²) in [5, 5.41) is 3.50. The minimum atomic E-state index is 0.697. The molecule has 0 heterocycles. The summed E-state index contributed by atoms with van der Waals surface area (Å²) < 4.78 is 5.66. The third kappa shape index (κ3) is 4.25. The van der Waals surface area contributed by atoms with Gasteiger partial charge in [0.15, 0.2) is 0 Å². The molecule has 0 unspecified atom stereocenters. The Hall–Kier alpha value is -2.00. The summed E-state index contributed by atoms with van der Waals surface area (Å²) in [6.45, 7) is 6.53. The number of para-hydroxylation sites is 1. The molecule has 1 N–H and O–H groups in total. The van der Waals surface area contributed by atoms with Gasteiger partial charge in [-0.25, -0.2) is 0 Å². The lowest BCUT2D eigenvalue weighted by Gasteiger charge is -2.17. The number of ether oxygens (including phenoxy) is 1.